The van der Waals surface area contributed by atoms with Gasteiger partial charge in [-0.2, -0.15) is 0 Å². The summed E-state index contributed by atoms with van der Waals surface area (Å²) in [7, 11) is 0. The van der Waals surface area contributed by atoms with Gasteiger partial charge in [0.1, 0.15) is 11.4 Å². The Balaban J connectivity index is 1.25. The van der Waals surface area contributed by atoms with Crippen LogP contribution in [-0.4, -0.2) is 68.7 Å². The molecule has 10 nitrogen and oxygen atoms in total. The van der Waals surface area contributed by atoms with Crippen molar-refractivity contribution in [3.05, 3.63) is 107 Å². The zero-order chi connectivity index (χ0) is 32.6. The van der Waals surface area contributed by atoms with E-state index in [1.807, 2.05) is 69.3 Å². The van der Waals surface area contributed by atoms with Crippen LogP contribution in [0, 0.1) is 13.8 Å². The minimum Gasteiger partial charge on any atom is -0.395 e. The molecule has 240 valence electrons. The highest BCUT2D eigenvalue weighted by Gasteiger charge is 2.18. The molecule has 0 spiro atoms. The highest BCUT2D eigenvalue weighted by Crippen LogP contribution is 2.34. The van der Waals surface area contributed by atoms with E-state index in [0.29, 0.717) is 29.3 Å². The summed E-state index contributed by atoms with van der Waals surface area (Å²) < 4.78 is 0. The first-order valence-electron chi connectivity index (χ1n) is 15.7. The highest BCUT2D eigenvalue weighted by atomic mass is 16.3. The first-order chi connectivity index (χ1) is 22.2. The van der Waals surface area contributed by atoms with Crippen LogP contribution >= 0.6 is 0 Å². The van der Waals surface area contributed by atoms with E-state index in [0.717, 1.165) is 65.9 Å². The molecule has 10 heteroatoms. The fraction of sp³-hybridized carbons (Fsp3) is 0.333. The number of aromatic nitrogens is 2. The van der Waals surface area contributed by atoms with Gasteiger partial charge in [-0.15, -0.1) is 0 Å². The highest BCUT2D eigenvalue weighted by molar-refractivity contribution is 6.05. The number of aliphatic hydroxyl groups is 2. The Bertz CT molecular complexity index is 1650. The van der Waals surface area contributed by atoms with Crippen LogP contribution in [0.4, 0.5) is 11.4 Å². The topological polar surface area (TPSA) is 140 Å². The molecule has 3 heterocycles. The third-order valence-electron chi connectivity index (χ3n) is 8.46. The standard InChI is InChI=1S/C36H42N6O4/c1-23(22-43)37-18-26-10-12-33(38-19-26)35(45)40-31-8-4-6-29(24(31)2)30-7-5-9-32(25(30)3)41-36(46)34-13-11-27(20-39-34)21-42-16-14-28(44)15-17-42/h4-13,19-20,23,28,37,43-44H,14-18,21-22H2,1-3H3,(H,40,45)(H,41,46)/t23-/m0/s1. The maximum absolute atomic E-state index is 13.2. The Morgan fingerprint density at radius 1 is 0.826 bits per heavy atom. The molecule has 5 rings (SSSR count). The van der Waals surface area contributed by atoms with Crippen molar-refractivity contribution < 1.29 is 19.8 Å². The molecule has 1 aliphatic heterocycles. The molecule has 1 aliphatic rings. The third kappa shape index (κ3) is 8.21. The molecule has 0 radical (unpaired) electrons. The normalized spacial score (nSPS) is 14.5. The summed E-state index contributed by atoms with van der Waals surface area (Å²) in [6.45, 7) is 8.85. The molecule has 1 fully saturated rings. The van der Waals surface area contributed by atoms with Crippen LogP contribution in [0.25, 0.3) is 11.1 Å². The maximum Gasteiger partial charge on any atom is 0.274 e. The molecule has 0 saturated carbocycles. The van der Waals surface area contributed by atoms with Gasteiger partial charge in [0.25, 0.3) is 11.8 Å². The van der Waals surface area contributed by atoms with Gasteiger partial charge >= 0.3 is 0 Å². The van der Waals surface area contributed by atoms with E-state index in [1.165, 1.54) is 0 Å². The minimum absolute atomic E-state index is 0.0272. The lowest BCUT2D eigenvalue weighted by atomic mass is 9.94. The number of carbonyl (C=O) groups is 2. The first kappa shape index (κ1) is 32.9. The van der Waals surface area contributed by atoms with Crippen LogP contribution in [-0.2, 0) is 13.1 Å². The average molecular weight is 623 g/mol. The van der Waals surface area contributed by atoms with Gasteiger partial charge in [0.05, 0.1) is 12.7 Å². The second-order valence-corrected chi connectivity index (χ2v) is 11.9. The number of hydrogen-bond donors (Lipinski definition) is 5. The number of benzene rings is 2. The molecule has 2 aromatic carbocycles. The van der Waals surface area contributed by atoms with Crippen molar-refractivity contribution in [2.75, 3.05) is 30.3 Å². The van der Waals surface area contributed by atoms with E-state index in [4.69, 9.17) is 0 Å². The van der Waals surface area contributed by atoms with Crippen molar-refractivity contribution in [3.63, 3.8) is 0 Å². The molecule has 0 bridgehead atoms. The number of aliphatic hydroxyl groups excluding tert-OH is 2. The van der Waals surface area contributed by atoms with Gasteiger partial charge in [0.15, 0.2) is 0 Å². The van der Waals surface area contributed by atoms with E-state index in [-0.39, 0.29) is 30.6 Å². The zero-order valence-corrected chi connectivity index (χ0v) is 26.6. The van der Waals surface area contributed by atoms with Crippen LogP contribution in [0.5, 0.6) is 0 Å². The SMILES string of the molecule is Cc1c(NC(=O)c2ccc(CN[C@@H](C)CO)cn2)cccc1-c1cccc(NC(=O)c2ccc(CN3CCC(O)CC3)cn2)c1C. The summed E-state index contributed by atoms with van der Waals surface area (Å²) in [5, 5.41) is 28.1. The Hall–Kier alpha value is -4.48. The fourth-order valence-corrected chi connectivity index (χ4v) is 5.51. The van der Waals surface area contributed by atoms with Crippen LogP contribution in [0.1, 0.15) is 63.0 Å². The largest absolute Gasteiger partial charge is 0.395 e. The Morgan fingerprint density at radius 2 is 1.35 bits per heavy atom. The Kier molecular flexibility index (Phi) is 10.9. The lowest BCUT2D eigenvalue weighted by molar-refractivity contribution is 0.0791. The molecule has 2 aromatic heterocycles. The molecule has 4 aromatic rings. The first-order valence-corrected chi connectivity index (χ1v) is 15.7. The van der Waals surface area contributed by atoms with Crippen LogP contribution in [0.15, 0.2) is 73.1 Å². The summed E-state index contributed by atoms with van der Waals surface area (Å²) in [6.07, 6.45) is 4.75. The van der Waals surface area contributed by atoms with Crippen molar-refractivity contribution in [2.24, 2.45) is 0 Å². The summed E-state index contributed by atoms with van der Waals surface area (Å²) in [5.41, 5.74) is 7.60. The quantitative estimate of drug-likeness (QED) is 0.162. The molecule has 1 atom stereocenters. The fourth-order valence-electron chi connectivity index (χ4n) is 5.51. The smallest absolute Gasteiger partial charge is 0.274 e. The monoisotopic (exact) mass is 622 g/mol. The second kappa shape index (κ2) is 15.2. The Morgan fingerprint density at radius 3 is 1.83 bits per heavy atom. The van der Waals surface area contributed by atoms with E-state index in [1.54, 1.807) is 24.5 Å². The van der Waals surface area contributed by atoms with E-state index in [9.17, 15) is 19.8 Å². The lowest BCUT2D eigenvalue weighted by Gasteiger charge is -2.29. The van der Waals surface area contributed by atoms with Gasteiger partial charge in [-0.05, 0) is 91.3 Å². The predicted molar refractivity (Wildman–Crippen MR) is 180 cm³/mol. The number of hydrogen-bond acceptors (Lipinski definition) is 8. The number of anilines is 2. The number of carbonyl (C=O) groups excluding carboxylic acids is 2. The number of amides is 2. The minimum atomic E-state index is -0.311. The molecule has 0 unspecified atom stereocenters. The number of rotatable bonds is 11. The van der Waals surface area contributed by atoms with Crippen molar-refractivity contribution in [1.82, 2.24) is 20.2 Å². The average Bonchev–Trinajstić information content (AvgIpc) is 3.07. The summed E-state index contributed by atoms with van der Waals surface area (Å²) >= 11 is 0. The molecule has 5 N–H and O–H groups in total. The second-order valence-electron chi connectivity index (χ2n) is 11.9. The number of piperidine rings is 1. The molecule has 0 aliphatic carbocycles. The van der Waals surface area contributed by atoms with Crippen molar-refractivity contribution >= 4 is 23.2 Å². The van der Waals surface area contributed by atoms with Gasteiger partial charge in [-0.3, -0.25) is 24.5 Å². The van der Waals surface area contributed by atoms with Gasteiger partial charge in [0, 0.05) is 56.0 Å². The van der Waals surface area contributed by atoms with E-state index < -0.39 is 0 Å². The molecular weight excluding hydrogens is 580 g/mol. The summed E-state index contributed by atoms with van der Waals surface area (Å²) in [5.74, 6) is -0.600. The lowest BCUT2D eigenvalue weighted by Crippen LogP contribution is -2.35. The number of pyridine rings is 2. The molecular formula is C36H42N6O4. The van der Waals surface area contributed by atoms with Gasteiger partial charge in [-0.25, -0.2) is 0 Å². The van der Waals surface area contributed by atoms with E-state index in [2.05, 4.69) is 30.8 Å². The van der Waals surface area contributed by atoms with E-state index >= 15 is 0 Å². The predicted octanol–water partition coefficient (Wildman–Crippen LogP) is 4.69. The van der Waals surface area contributed by atoms with Crippen LogP contribution < -0.4 is 16.0 Å². The molecule has 1 saturated heterocycles. The molecule has 2 amide bonds. The molecule has 46 heavy (non-hydrogen) atoms. The summed E-state index contributed by atoms with van der Waals surface area (Å²) in [4.78, 5) is 37.3. The van der Waals surface area contributed by atoms with Gasteiger partial charge < -0.3 is 26.2 Å². The zero-order valence-electron chi connectivity index (χ0n) is 26.6. The van der Waals surface area contributed by atoms with Gasteiger partial charge in [0.2, 0.25) is 0 Å². The van der Waals surface area contributed by atoms with Crippen LogP contribution in [0.3, 0.4) is 0 Å². The van der Waals surface area contributed by atoms with Crippen molar-refractivity contribution in [3.8, 4) is 11.1 Å². The maximum atomic E-state index is 13.2. The van der Waals surface area contributed by atoms with Crippen LogP contribution in [0.2, 0.25) is 0 Å². The number of nitrogens with zero attached hydrogens (tertiary/aromatic N) is 3. The number of nitrogens with one attached hydrogen (secondary N) is 3. The number of likely N-dealkylation sites (tertiary alicyclic amines) is 1. The Labute approximate surface area is 269 Å². The third-order valence-corrected chi connectivity index (χ3v) is 8.46. The van der Waals surface area contributed by atoms with Crippen molar-refractivity contribution in [1.29, 1.82) is 0 Å². The van der Waals surface area contributed by atoms with Gasteiger partial charge in [-0.1, -0.05) is 36.4 Å². The summed E-state index contributed by atoms with van der Waals surface area (Å²) in [6, 6.07) is 18.7. The van der Waals surface area contributed by atoms with Crippen molar-refractivity contribution in [2.45, 2.75) is 58.8 Å².